The number of anilines is 2. The number of rotatable bonds is 7. The Morgan fingerprint density at radius 1 is 1.36 bits per heavy atom. The molecule has 0 radical (unpaired) electrons. The van der Waals surface area contributed by atoms with E-state index in [1.54, 1.807) is 0 Å². The lowest BCUT2D eigenvalue weighted by atomic mass is 10.3. The van der Waals surface area contributed by atoms with Gasteiger partial charge >= 0.3 is 6.18 Å². The van der Waals surface area contributed by atoms with Crippen LogP contribution in [0.5, 0.6) is 5.88 Å². The summed E-state index contributed by atoms with van der Waals surface area (Å²) in [6, 6.07) is 5.45. The van der Waals surface area contributed by atoms with Crippen molar-refractivity contribution in [2.45, 2.75) is 25.9 Å². The summed E-state index contributed by atoms with van der Waals surface area (Å²) in [5.41, 5.74) is -0.974. The van der Waals surface area contributed by atoms with Gasteiger partial charge in [-0.25, -0.2) is 4.98 Å². The minimum absolute atomic E-state index is 0.0901. The second-order valence-corrected chi connectivity index (χ2v) is 5.04. The van der Waals surface area contributed by atoms with E-state index in [2.05, 4.69) is 15.3 Å². The maximum atomic E-state index is 13.0. The van der Waals surface area contributed by atoms with E-state index in [-0.39, 0.29) is 23.9 Å². The van der Waals surface area contributed by atoms with Crippen molar-refractivity contribution in [3.8, 4) is 5.88 Å². The molecule has 2 rings (SSSR count). The summed E-state index contributed by atoms with van der Waals surface area (Å²) in [5, 5.41) is 13.4. The molecule has 25 heavy (non-hydrogen) atoms. The van der Waals surface area contributed by atoms with Crippen LogP contribution in [0.25, 0.3) is 0 Å². The Morgan fingerprint density at radius 3 is 2.76 bits per heavy atom. The van der Waals surface area contributed by atoms with Gasteiger partial charge in [-0.05, 0) is 12.5 Å². The van der Waals surface area contributed by atoms with Crippen molar-refractivity contribution in [3.05, 3.63) is 46.1 Å². The first kappa shape index (κ1) is 18.4. The van der Waals surface area contributed by atoms with Gasteiger partial charge in [-0.1, -0.05) is 19.4 Å². The topological polar surface area (TPSA) is 90.2 Å². The number of halogens is 3. The minimum Gasteiger partial charge on any atom is -0.477 e. The Labute approximate surface area is 141 Å². The van der Waals surface area contributed by atoms with Crippen LogP contribution < -0.4 is 10.1 Å². The van der Waals surface area contributed by atoms with E-state index in [1.807, 2.05) is 6.92 Å². The Kier molecular flexibility index (Phi) is 5.73. The van der Waals surface area contributed by atoms with Crippen LogP contribution in [0.2, 0.25) is 0 Å². The highest BCUT2D eigenvalue weighted by Crippen LogP contribution is 2.35. The van der Waals surface area contributed by atoms with Crippen LogP contribution in [0.15, 0.2) is 30.5 Å². The number of hydrogen-bond donors (Lipinski definition) is 1. The normalized spacial score (nSPS) is 11.2. The number of unbranched alkanes of at least 4 members (excludes halogenated alkanes) is 1. The van der Waals surface area contributed by atoms with E-state index in [4.69, 9.17) is 4.74 Å². The van der Waals surface area contributed by atoms with Gasteiger partial charge in [0, 0.05) is 24.0 Å². The number of nitrogens with one attached hydrogen (secondary N) is 1. The maximum absolute atomic E-state index is 13.0. The zero-order chi connectivity index (χ0) is 18.4. The van der Waals surface area contributed by atoms with Crippen molar-refractivity contribution in [1.82, 2.24) is 9.97 Å². The van der Waals surface area contributed by atoms with Gasteiger partial charge in [0.2, 0.25) is 11.8 Å². The maximum Gasteiger partial charge on any atom is 0.423 e. The largest absolute Gasteiger partial charge is 0.477 e. The van der Waals surface area contributed by atoms with Crippen LogP contribution >= 0.6 is 0 Å². The van der Waals surface area contributed by atoms with E-state index in [0.29, 0.717) is 12.6 Å². The number of benzene rings is 1. The molecule has 0 aliphatic rings. The zero-order valence-corrected chi connectivity index (χ0v) is 13.2. The number of nitro benzene ring substituents is 1. The molecule has 134 valence electrons. The van der Waals surface area contributed by atoms with Crippen LogP contribution in [0.4, 0.5) is 30.5 Å². The smallest absolute Gasteiger partial charge is 0.423 e. The Hall–Kier alpha value is -2.91. The van der Waals surface area contributed by atoms with Crippen LogP contribution in [0, 0.1) is 10.1 Å². The summed E-state index contributed by atoms with van der Waals surface area (Å²) in [6.07, 6.45) is -2.69. The number of nitrogens with zero attached hydrogens (tertiary/aromatic N) is 3. The molecule has 1 aromatic heterocycles. The van der Waals surface area contributed by atoms with Gasteiger partial charge in [0.05, 0.1) is 11.5 Å². The summed E-state index contributed by atoms with van der Waals surface area (Å²) in [4.78, 5) is 17.5. The van der Waals surface area contributed by atoms with Crippen LogP contribution in [0.3, 0.4) is 0 Å². The predicted molar refractivity (Wildman–Crippen MR) is 83.8 cm³/mol. The van der Waals surface area contributed by atoms with Crippen molar-refractivity contribution in [2.24, 2.45) is 0 Å². The zero-order valence-electron chi connectivity index (χ0n) is 13.2. The highest BCUT2D eigenvalue weighted by molar-refractivity contribution is 5.58. The summed E-state index contributed by atoms with van der Waals surface area (Å²) >= 11 is 0. The van der Waals surface area contributed by atoms with Crippen molar-refractivity contribution in [3.63, 3.8) is 0 Å². The first-order valence-electron chi connectivity index (χ1n) is 7.39. The van der Waals surface area contributed by atoms with Crippen molar-refractivity contribution in [2.75, 3.05) is 11.9 Å². The molecule has 0 saturated heterocycles. The molecule has 1 aromatic carbocycles. The lowest BCUT2D eigenvalue weighted by Crippen LogP contribution is -2.13. The molecule has 1 N–H and O–H groups in total. The van der Waals surface area contributed by atoms with E-state index < -0.39 is 22.5 Å². The number of ether oxygens (including phenoxy) is 1. The molecule has 0 spiro atoms. The molecule has 2 aromatic rings. The number of alkyl halides is 3. The second kappa shape index (κ2) is 7.77. The molecule has 1 heterocycles. The highest BCUT2D eigenvalue weighted by Gasteiger charge is 2.36. The fourth-order valence-corrected chi connectivity index (χ4v) is 1.87. The molecule has 0 bridgehead atoms. The van der Waals surface area contributed by atoms with Gasteiger partial charge < -0.3 is 10.1 Å². The molecule has 7 nitrogen and oxygen atoms in total. The average Bonchev–Trinajstić information content (AvgIpc) is 2.54. The van der Waals surface area contributed by atoms with E-state index >= 15 is 0 Å². The number of aromatic nitrogens is 2. The third-order valence-electron chi connectivity index (χ3n) is 3.11. The average molecular weight is 356 g/mol. The standard InChI is InChI=1S/C15H15F3N4O3/c1-2-3-7-25-13-12(15(16,17)18)9-19-14(21-13)20-10-5-4-6-11(8-10)22(23)24/h4-6,8-9H,2-3,7H2,1H3,(H,19,20,21). The molecule has 10 heteroatoms. The number of nitro groups is 1. The SMILES string of the molecule is CCCCOc1nc(Nc2cccc([N+](=O)[O-])c2)ncc1C(F)(F)F. The molecule has 0 saturated carbocycles. The Bertz CT molecular complexity index is 753. The van der Waals surface area contributed by atoms with Gasteiger partial charge in [0.1, 0.15) is 5.56 Å². The molecule has 0 atom stereocenters. The summed E-state index contributed by atoms with van der Waals surface area (Å²) in [5.74, 6) is -0.733. The first-order chi connectivity index (χ1) is 11.8. The number of non-ortho nitro benzene ring substituents is 1. The van der Waals surface area contributed by atoms with Gasteiger partial charge in [0.15, 0.2) is 0 Å². The molecule has 0 aliphatic heterocycles. The molecular formula is C15H15F3N4O3. The molecule has 0 amide bonds. The van der Waals surface area contributed by atoms with Gasteiger partial charge in [-0.3, -0.25) is 10.1 Å². The van der Waals surface area contributed by atoms with Crippen LogP contribution in [-0.4, -0.2) is 21.5 Å². The van der Waals surface area contributed by atoms with Crippen LogP contribution in [0.1, 0.15) is 25.3 Å². The van der Waals surface area contributed by atoms with E-state index in [9.17, 15) is 23.3 Å². The number of hydrogen-bond acceptors (Lipinski definition) is 6. The third-order valence-corrected chi connectivity index (χ3v) is 3.11. The Balaban J connectivity index is 2.28. The van der Waals surface area contributed by atoms with Crippen molar-refractivity contribution >= 4 is 17.3 Å². The monoisotopic (exact) mass is 356 g/mol. The fourth-order valence-electron chi connectivity index (χ4n) is 1.87. The fraction of sp³-hybridized carbons (Fsp3) is 0.333. The predicted octanol–water partition coefficient (Wildman–Crippen LogP) is 4.33. The van der Waals surface area contributed by atoms with E-state index in [1.165, 1.54) is 24.3 Å². The van der Waals surface area contributed by atoms with Crippen molar-refractivity contribution in [1.29, 1.82) is 0 Å². The molecule has 0 unspecified atom stereocenters. The quantitative estimate of drug-likeness (QED) is 0.451. The second-order valence-electron chi connectivity index (χ2n) is 5.04. The molecule has 0 fully saturated rings. The highest BCUT2D eigenvalue weighted by atomic mass is 19.4. The Morgan fingerprint density at radius 2 is 2.12 bits per heavy atom. The van der Waals surface area contributed by atoms with Crippen molar-refractivity contribution < 1.29 is 22.8 Å². The first-order valence-corrected chi connectivity index (χ1v) is 7.39. The van der Waals surface area contributed by atoms with Gasteiger partial charge in [-0.2, -0.15) is 18.2 Å². The lowest BCUT2D eigenvalue weighted by molar-refractivity contribution is -0.384. The summed E-state index contributed by atoms with van der Waals surface area (Å²) < 4.78 is 44.1. The third kappa shape index (κ3) is 5.03. The van der Waals surface area contributed by atoms with Crippen LogP contribution in [-0.2, 0) is 6.18 Å². The summed E-state index contributed by atoms with van der Waals surface area (Å²) in [7, 11) is 0. The van der Waals surface area contributed by atoms with E-state index in [0.717, 1.165) is 6.42 Å². The molecular weight excluding hydrogens is 341 g/mol. The summed E-state index contributed by atoms with van der Waals surface area (Å²) in [6.45, 7) is 1.97. The van der Waals surface area contributed by atoms with Gasteiger partial charge in [-0.15, -0.1) is 0 Å². The molecule has 0 aliphatic carbocycles. The lowest BCUT2D eigenvalue weighted by Gasteiger charge is -2.14. The van der Waals surface area contributed by atoms with Gasteiger partial charge in [0.25, 0.3) is 5.69 Å². The minimum atomic E-state index is -4.65.